The van der Waals surface area contributed by atoms with E-state index in [9.17, 15) is 14.4 Å². The molecule has 2 bridgehead atoms. The Morgan fingerprint density at radius 1 is 1.11 bits per heavy atom. The van der Waals surface area contributed by atoms with Crippen molar-refractivity contribution >= 4 is 23.3 Å². The van der Waals surface area contributed by atoms with Crippen LogP contribution in [0.1, 0.15) is 29.0 Å². The first kappa shape index (κ1) is 18.2. The minimum Gasteiger partial charge on any atom is -0.348 e. The highest BCUT2D eigenvalue weighted by atomic mass is 16.2. The van der Waals surface area contributed by atoms with Crippen molar-refractivity contribution in [2.24, 2.45) is 24.8 Å². The van der Waals surface area contributed by atoms with E-state index in [2.05, 4.69) is 27.8 Å². The Balaban J connectivity index is 1.30. The number of aromatic nitrogens is 2. The molecule has 0 spiro atoms. The van der Waals surface area contributed by atoms with Crippen molar-refractivity contribution in [3.8, 4) is 0 Å². The van der Waals surface area contributed by atoms with E-state index in [0.29, 0.717) is 41.4 Å². The molecule has 2 aliphatic carbocycles. The minimum absolute atomic E-state index is 0.206. The fourth-order valence-corrected chi connectivity index (χ4v) is 4.04. The third-order valence-corrected chi connectivity index (χ3v) is 5.58. The summed E-state index contributed by atoms with van der Waals surface area (Å²) in [6, 6.07) is 6.41. The number of benzene rings is 1. The molecule has 3 atom stereocenters. The molecule has 7 nitrogen and oxygen atoms in total. The Hall–Kier alpha value is -3.22. The zero-order chi connectivity index (χ0) is 19.7. The number of carbonyl (C=O) groups excluding carboxylic acids is 3. The quantitative estimate of drug-likeness (QED) is 0.472. The summed E-state index contributed by atoms with van der Waals surface area (Å²) < 4.78 is 1.65. The maximum Gasteiger partial charge on any atom is 0.313 e. The number of anilines is 1. The molecule has 1 heterocycles. The van der Waals surface area contributed by atoms with E-state index in [4.69, 9.17) is 0 Å². The van der Waals surface area contributed by atoms with Gasteiger partial charge in [0.15, 0.2) is 5.82 Å². The second kappa shape index (κ2) is 7.42. The summed E-state index contributed by atoms with van der Waals surface area (Å²) in [6.07, 6.45) is 9.97. The van der Waals surface area contributed by atoms with Gasteiger partial charge in [-0.1, -0.05) is 12.2 Å². The van der Waals surface area contributed by atoms with E-state index in [1.54, 1.807) is 48.3 Å². The fraction of sp³-hybridized carbons (Fsp3) is 0.333. The third-order valence-electron chi connectivity index (χ3n) is 5.58. The highest BCUT2D eigenvalue weighted by Crippen LogP contribution is 2.42. The summed E-state index contributed by atoms with van der Waals surface area (Å²) in [5.74, 6) is 0.365. The fourth-order valence-electron chi connectivity index (χ4n) is 4.04. The first-order valence-corrected chi connectivity index (χ1v) is 9.41. The summed E-state index contributed by atoms with van der Waals surface area (Å²) in [4.78, 5) is 40.6. The van der Waals surface area contributed by atoms with Gasteiger partial charge in [0.25, 0.3) is 0 Å². The summed E-state index contributed by atoms with van der Waals surface area (Å²) in [5.41, 5.74) is 0.917. The number of allylic oxidation sites excluding steroid dienone is 2. The smallest absolute Gasteiger partial charge is 0.313 e. The Bertz CT molecular complexity index is 945. The second-order valence-corrected chi connectivity index (χ2v) is 7.47. The van der Waals surface area contributed by atoms with Gasteiger partial charge < -0.3 is 15.2 Å². The molecule has 0 unspecified atom stereocenters. The molecule has 4 rings (SSSR count). The molecule has 2 aliphatic rings. The zero-order valence-electron chi connectivity index (χ0n) is 15.6. The van der Waals surface area contributed by atoms with Crippen LogP contribution in [0.5, 0.6) is 0 Å². The standard InChI is InChI=1S/C21H22N4O3/c1-25-9-8-22-19(25)18(26)14-4-6-17(7-5-14)24-21(28)20(27)23-12-16-11-13-2-3-15(16)10-13/h2-9,13,15-16H,10-12H2,1H3,(H,23,27)(H,24,28)/t13-,15-,16+/m0/s1. The average molecular weight is 378 g/mol. The van der Waals surface area contributed by atoms with Crippen molar-refractivity contribution in [3.05, 3.63) is 60.2 Å². The van der Waals surface area contributed by atoms with Gasteiger partial charge >= 0.3 is 11.8 Å². The van der Waals surface area contributed by atoms with Crippen molar-refractivity contribution < 1.29 is 14.4 Å². The molecule has 0 saturated heterocycles. The average Bonchev–Trinajstić information content (AvgIpc) is 3.43. The lowest BCUT2D eigenvalue weighted by Crippen LogP contribution is -2.38. The van der Waals surface area contributed by atoms with Crippen LogP contribution >= 0.6 is 0 Å². The number of nitrogens with zero attached hydrogens (tertiary/aromatic N) is 2. The SMILES string of the molecule is Cn1ccnc1C(=O)c1ccc(NC(=O)C(=O)NC[C@H]2C[C@H]3C=C[C@H]2C3)cc1. The first-order valence-electron chi connectivity index (χ1n) is 9.41. The van der Waals surface area contributed by atoms with Gasteiger partial charge in [0, 0.05) is 37.2 Å². The van der Waals surface area contributed by atoms with Crippen molar-refractivity contribution in [1.82, 2.24) is 14.9 Å². The van der Waals surface area contributed by atoms with Gasteiger partial charge in [-0.2, -0.15) is 0 Å². The van der Waals surface area contributed by atoms with Crippen molar-refractivity contribution in [2.75, 3.05) is 11.9 Å². The molecule has 28 heavy (non-hydrogen) atoms. The number of hydrogen-bond acceptors (Lipinski definition) is 4. The first-order chi connectivity index (χ1) is 13.5. The van der Waals surface area contributed by atoms with E-state index in [0.717, 1.165) is 12.8 Å². The van der Waals surface area contributed by atoms with Gasteiger partial charge in [-0.3, -0.25) is 14.4 Å². The molecular formula is C21H22N4O3. The molecule has 1 saturated carbocycles. The number of ketones is 1. The predicted octanol–water partition coefficient (Wildman–Crippen LogP) is 1.92. The van der Waals surface area contributed by atoms with Crippen LogP contribution in [-0.4, -0.2) is 33.7 Å². The molecule has 2 N–H and O–H groups in total. The summed E-state index contributed by atoms with van der Waals surface area (Å²) in [6.45, 7) is 0.523. The monoisotopic (exact) mass is 378 g/mol. The van der Waals surface area contributed by atoms with E-state index < -0.39 is 11.8 Å². The van der Waals surface area contributed by atoms with Crippen LogP contribution in [0.2, 0.25) is 0 Å². The molecule has 1 fully saturated rings. The zero-order valence-corrected chi connectivity index (χ0v) is 15.6. The summed E-state index contributed by atoms with van der Waals surface area (Å²) in [5, 5.41) is 5.30. The van der Waals surface area contributed by atoms with Gasteiger partial charge in [0.05, 0.1) is 0 Å². The summed E-state index contributed by atoms with van der Waals surface area (Å²) in [7, 11) is 1.75. The van der Waals surface area contributed by atoms with Gasteiger partial charge in [0.2, 0.25) is 5.78 Å². The number of amides is 2. The van der Waals surface area contributed by atoms with E-state index in [1.807, 2.05) is 0 Å². The van der Waals surface area contributed by atoms with Crippen LogP contribution in [0.15, 0.2) is 48.8 Å². The van der Waals surface area contributed by atoms with Gasteiger partial charge in [-0.25, -0.2) is 4.98 Å². The maximum absolute atomic E-state index is 12.4. The molecule has 0 radical (unpaired) electrons. The van der Waals surface area contributed by atoms with Crippen LogP contribution in [0.3, 0.4) is 0 Å². The molecule has 7 heteroatoms. The Morgan fingerprint density at radius 3 is 2.50 bits per heavy atom. The van der Waals surface area contributed by atoms with Crippen LogP contribution in [0.4, 0.5) is 5.69 Å². The lowest BCUT2D eigenvalue weighted by Gasteiger charge is -2.18. The largest absolute Gasteiger partial charge is 0.348 e. The van der Waals surface area contributed by atoms with E-state index in [1.165, 1.54) is 0 Å². The molecular weight excluding hydrogens is 356 g/mol. The Morgan fingerprint density at radius 2 is 1.89 bits per heavy atom. The van der Waals surface area contributed by atoms with Gasteiger partial charge in [-0.15, -0.1) is 0 Å². The van der Waals surface area contributed by atoms with Crippen molar-refractivity contribution in [1.29, 1.82) is 0 Å². The number of imidazole rings is 1. The second-order valence-electron chi connectivity index (χ2n) is 7.47. The highest BCUT2D eigenvalue weighted by Gasteiger charge is 2.35. The Labute approximate surface area is 162 Å². The minimum atomic E-state index is -0.707. The number of hydrogen-bond donors (Lipinski definition) is 2. The number of carbonyl (C=O) groups is 3. The lowest BCUT2D eigenvalue weighted by molar-refractivity contribution is -0.136. The predicted molar refractivity (Wildman–Crippen MR) is 104 cm³/mol. The van der Waals surface area contributed by atoms with Crippen LogP contribution in [0, 0.1) is 17.8 Å². The molecule has 2 amide bonds. The molecule has 2 aromatic rings. The normalized spacial score (nSPS) is 22.2. The van der Waals surface area contributed by atoms with E-state index in [-0.39, 0.29) is 5.78 Å². The molecule has 1 aromatic heterocycles. The van der Waals surface area contributed by atoms with Gasteiger partial charge in [0.1, 0.15) is 0 Å². The van der Waals surface area contributed by atoms with Crippen molar-refractivity contribution in [3.63, 3.8) is 0 Å². The van der Waals surface area contributed by atoms with E-state index >= 15 is 0 Å². The topological polar surface area (TPSA) is 93.1 Å². The van der Waals surface area contributed by atoms with Crippen LogP contribution < -0.4 is 10.6 Å². The third kappa shape index (κ3) is 3.60. The number of rotatable bonds is 5. The van der Waals surface area contributed by atoms with Gasteiger partial charge in [-0.05, 0) is 54.9 Å². The van der Waals surface area contributed by atoms with Crippen LogP contribution in [-0.2, 0) is 16.6 Å². The van der Waals surface area contributed by atoms with Crippen molar-refractivity contribution in [2.45, 2.75) is 12.8 Å². The number of nitrogens with one attached hydrogen (secondary N) is 2. The summed E-state index contributed by atoms with van der Waals surface area (Å²) >= 11 is 0. The maximum atomic E-state index is 12.4. The Kier molecular flexibility index (Phi) is 4.81. The number of aryl methyl sites for hydroxylation is 1. The molecule has 0 aliphatic heterocycles. The number of fused-ring (bicyclic) bond motifs is 2. The van der Waals surface area contributed by atoms with Crippen LogP contribution in [0.25, 0.3) is 0 Å². The lowest BCUT2D eigenvalue weighted by atomic mass is 9.94. The molecule has 144 valence electrons. The highest BCUT2D eigenvalue weighted by molar-refractivity contribution is 6.39. The molecule has 1 aromatic carbocycles.